The van der Waals surface area contributed by atoms with E-state index in [-0.39, 0.29) is 0 Å². The molecule has 0 aromatic carbocycles. The van der Waals surface area contributed by atoms with Crippen LogP contribution in [0, 0.1) is 0 Å². The number of carbonyl (C=O) groups is 3. The summed E-state index contributed by atoms with van der Waals surface area (Å²) in [4.78, 5) is 30.6. The lowest BCUT2D eigenvalue weighted by molar-refractivity contribution is -0.164. The van der Waals surface area contributed by atoms with E-state index in [9.17, 15) is 14.4 Å². The molecule has 0 aliphatic rings. The molecule has 154 valence electrons. The number of rotatable bonds is 10. The number of carboxylic acids is 2. The average Bonchev–Trinajstić information content (AvgIpc) is 2.62. The van der Waals surface area contributed by atoms with Gasteiger partial charge in [0, 0.05) is 0 Å². The van der Waals surface area contributed by atoms with Gasteiger partial charge in [0.25, 0.3) is 5.78 Å². The third kappa shape index (κ3) is 8.56. The first kappa shape index (κ1) is 26.5. The van der Waals surface area contributed by atoms with E-state index >= 15 is 0 Å². The normalized spacial score (nSPS) is 19.0. The summed E-state index contributed by atoms with van der Waals surface area (Å²) in [5.41, 5.74) is 0. The third-order valence-corrected chi connectivity index (χ3v) is 2.89. The van der Waals surface area contributed by atoms with E-state index in [0.717, 1.165) is 0 Å². The molecule has 0 spiro atoms. The van der Waals surface area contributed by atoms with Crippen LogP contribution in [0.1, 0.15) is 0 Å². The van der Waals surface area contributed by atoms with Gasteiger partial charge in [0.05, 0.1) is 13.2 Å². The van der Waals surface area contributed by atoms with Crippen molar-refractivity contribution in [3.63, 3.8) is 0 Å². The molecule has 0 saturated heterocycles. The fourth-order valence-electron chi connectivity index (χ4n) is 1.27. The Bertz CT molecular complexity index is 453. The number of Topliss-reactive ketones (excluding diaryl/α,β-unsaturated/α-hetero) is 1. The van der Waals surface area contributed by atoms with Gasteiger partial charge >= 0.3 is 11.9 Å². The van der Waals surface area contributed by atoms with Crippen molar-refractivity contribution in [3.8, 4) is 0 Å². The van der Waals surface area contributed by atoms with Gasteiger partial charge in [-0.25, -0.2) is 9.59 Å². The van der Waals surface area contributed by atoms with Crippen molar-refractivity contribution in [3.05, 3.63) is 0 Å². The molecule has 26 heavy (non-hydrogen) atoms. The summed E-state index contributed by atoms with van der Waals surface area (Å²) >= 11 is 0. The van der Waals surface area contributed by atoms with Gasteiger partial charge in [-0.1, -0.05) is 0 Å². The number of aliphatic hydroxyl groups excluding tert-OH is 9. The van der Waals surface area contributed by atoms with Crippen LogP contribution < -0.4 is 0 Å². The van der Waals surface area contributed by atoms with Gasteiger partial charge in [-0.05, 0) is 0 Å². The van der Waals surface area contributed by atoms with Crippen molar-refractivity contribution in [2.45, 2.75) is 42.7 Å². The molecule has 0 bridgehead atoms. The maximum atomic E-state index is 10.5. The minimum absolute atomic E-state index is 0.843. The van der Waals surface area contributed by atoms with Gasteiger partial charge in [-0.3, -0.25) is 4.79 Å². The zero-order valence-corrected chi connectivity index (χ0v) is 13.1. The zero-order valence-electron chi connectivity index (χ0n) is 13.1. The lowest BCUT2D eigenvalue weighted by atomic mass is 10.0. The van der Waals surface area contributed by atoms with E-state index in [4.69, 9.17) is 56.2 Å². The molecule has 0 aliphatic heterocycles. The smallest absolute Gasteiger partial charge is 0.375 e. The first-order chi connectivity index (χ1) is 11.8. The predicted molar refractivity (Wildman–Crippen MR) is 76.5 cm³/mol. The SMILES string of the molecule is O=C(O)C(=O)C(O)C(O)C(O)CO.O=C(O)C(O)C(O)C(O)[C@H](O)CO. The molecule has 0 radical (unpaired) electrons. The summed E-state index contributed by atoms with van der Waals surface area (Å²) in [5, 5.41) is 94.6. The van der Waals surface area contributed by atoms with Crippen molar-refractivity contribution in [2.75, 3.05) is 13.2 Å². The second-order valence-electron chi connectivity index (χ2n) is 4.87. The number of carbonyl (C=O) groups excluding carboxylic acids is 1. The topological polar surface area (TPSA) is 274 Å². The number of aliphatic hydroxyl groups is 9. The minimum Gasteiger partial charge on any atom is -0.479 e. The van der Waals surface area contributed by atoms with Gasteiger partial charge < -0.3 is 56.2 Å². The molecule has 14 nitrogen and oxygen atoms in total. The van der Waals surface area contributed by atoms with Crippen molar-refractivity contribution in [2.24, 2.45) is 0 Å². The van der Waals surface area contributed by atoms with E-state index in [2.05, 4.69) is 0 Å². The molecule has 0 aromatic heterocycles. The van der Waals surface area contributed by atoms with Crippen LogP contribution >= 0.6 is 0 Å². The highest BCUT2D eigenvalue weighted by molar-refractivity contribution is 6.34. The molecule has 0 rings (SSSR count). The standard InChI is InChI=1S/C6H12O7.C6H10O7/c2*7-1-2(8)3(9)4(10)5(11)6(12)13/h2-5,7-11H,1H2,(H,12,13);2-4,7-10H,1H2,(H,12,13)/t2-,3?,4?,5?;/m1./s1. The van der Waals surface area contributed by atoms with Crippen LogP contribution in [-0.2, 0) is 14.4 Å². The second-order valence-corrected chi connectivity index (χ2v) is 4.87. The Hall–Kier alpha value is -1.75. The van der Waals surface area contributed by atoms with Crippen LogP contribution in [0.25, 0.3) is 0 Å². The molecule has 0 saturated carbocycles. The van der Waals surface area contributed by atoms with E-state index in [0.29, 0.717) is 0 Å². The minimum atomic E-state index is -2.24. The Morgan fingerprint density at radius 1 is 0.615 bits per heavy atom. The molecule has 0 amide bonds. The highest BCUT2D eigenvalue weighted by atomic mass is 16.4. The zero-order chi connectivity index (χ0) is 21.2. The first-order valence-electron chi connectivity index (χ1n) is 6.81. The number of aliphatic carboxylic acids is 2. The number of hydrogen-bond acceptors (Lipinski definition) is 12. The Morgan fingerprint density at radius 2 is 1.00 bits per heavy atom. The van der Waals surface area contributed by atoms with Crippen molar-refractivity contribution in [1.82, 2.24) is 0 Å². The van der Waals surface area contributed by atoms with Gasteiger partial charge in [0.1, 0.15) is 30.5 Å². The second kappa shape index (κ2) is 12.6. The molecular formula is C12H22O14. The fourth-order valence-corrected chi connectivity index (χ4v) is 1.27. The Labute approximate surface area is 145 Å². The molecule has 14 heteroatoms. The summed E-state index contributed by atoms with van der Waals surface area (Å²) < 4.78 is 0. The number of hydrogen-bond donors (Lipinski definition) is 11. The van der Waals surface area contributed by atoms with Gasteiger partial charge in [0.2, 0.25) is 0 Å². The highest BCUT2D eigenvalue weighted by Gasteiger charge is 2.34. The van der Waals surface area contributed by atoms with Crippen LogP contribution in [0.3, 0.4) is 0 Å². The Morgan fingerprint density at radius 3 is 1.31 bits per heavy atom. The van der Waals surface area contributed by atoms with Gasteiger partial charge in [-0.15, -0.1) is 0 Å². The largest absolute Gasteiger partial charge is 0.479 e. The van der Waals surface area contributed by atoms with Gasteiger partial charge in [0.15, 0.2) is 12.2 Å². The Kier molecular flexibility index (Phi) is 12.8. The van der Waals surface area contributed by atoms with Crippen LogP contribution in [0.5, 0.6) is 0 Å². The maximum absolute atomic E-state index is 10.5. The summed E-state index contributed by atoms with van der Waals surface area (Å²) in [7, 11) is 0. The van der Waals surface area contributed by atoms with Crippen molar-refractivity contribution in [1.29, 1.82) is 0 Å². The molecule has 0 fully saturated rings. The van der Waals surface area contributed by atoms with Crippen LogP contribution in [-0.4, -0.2) is 130 Å². The highest BCUT2D eigenvalue weighted by Crippen LogP contribution is 2.05. The third-order valence-electron chi connectivity index (χ3n) is 2.89. The molecule has 0 heterocycles. The molecule has 11 N–H and O–H groups in total. The first-order valence-corrected chi connectivity index (χ1v) is 6.81. The molecule has 0 aromatic rings. The molecule has 0 aliphatic carbocycles. The summed E-state index contributed by atoms with van der Waals surface area (Å²) in [6, 6.07) is 0. The van der Waals surface area contributed by atoms with E-state index in [1.807, 2.05) is 0 Å². The van der Waals surface area contributed by atoms with Crippen LogP contribution in [0.15, 0.2) is 0 Å². The number of carboxylic acid groups (broad SMARTS) is 2. The van der Waals surface area contributed by atoms with Crippen molar-refractivity contribution >= 4 is 17.7 Å². The lowest BCUT2D eigenvalue weighted by Gasteiger charge is -2.23. The molecular weight excluding hydrogens is 368 g/mol. The Balaban J connectivity index is 0. The average molecular weight is 390 g/mol. The van der Waals surface area contributed by atoms with E-state index in [1.165, 1.54) is 0 Å². The summed E-state index contributed by atoms with van der Waals surface area (Å²) in [6.07, 6.45) is -13.8. The summed E-state index contributed by atoms with van der Waals surface area (Å²) in [5.74, 6) is -5.28. The van der Waals surface area contributed by atoms with Crippen molar-refractivity contribution < 1.29 is 70.6 Å². The van der Waals surface area contributed by atoms with E-state index < -0.39 is 73.7 Å². The monoisotopic (exact) mass is 390 g/mol. The lowest BCUT2D eigenvalue weighted by Crippen LogP contribution is -2.48. The number of ketones is 1. The van der Waals surface area contributed by atoms with Crippen LogP contribution in [0.4, 0.5) is 0 Å². The summed E-state index contributed by atoms with van der Waals surface area (Å²) in [6.45, 7) is -1.73. The van der Waals surface area contributed by atoms with Gasteiger partial charge in [-0.2, -0.15) is 0 Å². The fraction of sp³-hybridized carbons (Fsp3) is 0.750. The quantitative estimate of drug-likeness (QED) is 0.155. The predicted octanol–water partition coefficient (Wildman–Crippen LogP) is -6.78. The molecule has 6 unspecified atom stereocenters. The van der Waals surface area contributed by atoms with E-state index in [1.54, 1.807) is 0 Å². The van der Waals surface area contributed by atoms with Crippen LogP contribution in [0.2, 0.25) is 0 Å². The molecule has 7 atom stereocenters. The maximum Gasteiger partial charge on any atom is 0.375 e.